The number of rotatable bonds is 15. The molecule has 2 aromatic rings. The SMILES string of the molecule is CCC(C)C(N)C(=O)NC(CS)C(=O)NC(CCC(N)=O)C(=O)NC(Cc1c[nH]c2ccccc12)C(=O)O. The molecule has 0 saturated heterocycles. The Morgan fingerprint density at radius 2 is 1.61 bits per heavy atom. The minimum atomic E-state index is -1.32. The minimum absolute atomic E-state index is 0.0234. The molecule has 0 bridgehead atoms. The van der Waals surface area contributed by atoms with Crippen LogP contribution in [0.4, 0.5) is 0 Å². The van der Waals surface area contributed by atoms with Crippen molar-refractivity contribution in [1.29, 1.82) is 0 Å². The van der Waals surface area contributed by atoms with Gasteiger partial charge >= 0.3 is 5.97 Å². The summed E-state index contributed by atoms with van der Waals surface area (Å²) in [4.78, 5) is 64.9. The van der Waals surface area contributed by atoms with Crippen LogP contribution < -0.4 is 27.4 Å². The van der Waals surface area contributed by atoms with Gasteiger partial charge < -0.3 is 37.5 Å². The number of amides is 4. The zero-order valence-electron chi connectivity index (χ0n) is 21.4. The lowest BCUT2D eigenvalue weighted by Crippen LogP contribution is -2.58. The van der Waals surface area contributed by atoms with Crippen molar-refractivity contribution in [3.63, 3.8) is 0 Å². The van der Waals surface area contributed by atoms with Crippen LogP contribution in [0, 0.1) is 5.92 Å². The standard InChI is InChI=1S/C25H36N6O6S/c1-3-13(2)21(27)24(35)31-19(12-38)23(34)29-17(8-9-20(26)32)22(33)30-18(25(36)37)10-14-11-28-16-7-5-4-6-15(14)16/h4-7,11,13,17-19,21,28,38H,3,8-10,12,27H2,1-2H3,(H2,26,32)(H,29,34)(H,30,33)(H,31,35)(H,36,37). The molecule has 12 nitrogen and oxygen atoms in total. The molecular weight excluding hydrogens is 512 g/mol. The first kappa shape index (κ1) is 30.6. The number of primary amides is 1. The second-order valence-corrected chi connectivity index (χ2v) is 9.55. The number of aromatic nitrogens is 1. The lowest BCUT2D eigenvalue weighted by Gasteiger charge is -2.25. The number of nitrogens with two attached hydrogens (primary N) is 2. The van der Waals surface area contributed by atoms with Crippen molar-refractivity contribution in [1.82, 2.24) is 20.9 Å². The first-order valence-corrected chi connectivity index (χ1v) is 12.9. The second-order valence-electron chi connectivity index (χ2n) is 9.18. The monoisotopic (exact) mass is 548 g/mol. The lowest BCUT2D eigenvalue weighted by atomic mass is 9.99. The number of H-pyrrole nitrogens is 1. The number of hydrogen-bond donors (Lipinski definition) is 8. The minimum Gasteiger partial charge on any atom is -0.480 e. The van der Waals surface area contributed by atoms with Crippen LogP contribution in [0.5, 0.6) is 0 Å². The molecule has 0 radical (unpaired) electrons. The smallest absolute Gasteiger partial charge is 0.326 e. The summed E-state index contributed by atoms with van der Waals surface area (Å²) in [6.45, 7) is 3.69. The van der Waals surface area contributed by atoms with Gasteiger partial charge in [-0.15, -0.1) is 0 Å². The van der Waals surface area contributed by atoms with Gasteiger partial charge in [0.25, 0.3) is 0 Å². The Balaban J connectivity index is 2.15. The number of benzene rings is 1. The van der Waals surface area contributed by atoms with Crippen LogP contribution in [0.3, 0.4) is 0 Å². The van der Waals surface area contributed by atoms with Crippen molar-refractivity contribution in [2.45, 2.75) is 63.7 Å². The molecule has 0 fully saturated rings. The van der Waals surface area contributed by atoms with Crippen LogP contribution in [-0.4, -0.2) is 69.6 Å². The summed E-state index contributed by atoms with van der Waals surface area (Å²) in [5.41, 5.74) is 12.7. The number of fused-ring (bicyclic) bond motifs is 1. The molecule has 0 aliphatic carbocycles. The van der Waals surface area contributed by atoms with Crippen LogP contribution in [0.1, 0.15) is 38.7 Å². The van der Waals surface area contributed by atoms with Crippen molar-refractivity contribution in [2.75, 3.05) is 5.75 Å². The molecule has 38 heavy (non-hydrogen) atoms. The highest BCUT2D eigenvalue weighted by atomic mass is 32.1. The zero-order chi connectivity index (χ0) is 28.4. The molecule has 1 heterocycles. The second kappa shape index (κ2) is 14.4. The fourth-order valence-electron chi connectivity index (χ4n) is 3.79. The van der Waals surface area contributed by atoms with Crippen molar-refractivity contribution in [3.8, 4) is 0 Å². The first-order valence-electron chi connectivity index (χ1n) is 12.3. The van der Waals surface area contributed by atoms with Crippen LogP contribution in [0.2, 0.25) is 0 Å². The van der Waals surface area contributed by atoms with Gasteiger partial charge in [-0.05, 0) is 24.0 Å². The van der Waals surface area contributed by atoms with Crippen LogP contribution in [-0.2, 0) is 30.4 Å². The van der Waals surface area contributed by atoms with Gasteiger partial charge in [0.15, 0.2) is 0 Å². The number of hydrogen-bond acceptors (Lipinski definition) is 7. The van der Waals surface area contributed by atoms with Gasteiger partial charge in [0.05, 0.1) is 6.04 Å². The Bertz CT molecular complexity index is 1150. The Morgan fingerprint density at radius 1 is 1.00 bits per heavy atom. The van der Waals surface area contributed by atoms with E-state index in [0.717, 1.165) is 10.9 Å². The maximum absolute atomic E-state index is 13.1. The predicted octanol–water partition coefficient (Wildman–Crippen LogP) is -0.182. The third-order valence-corrected chi connectivity index (χ3v) is 6.77. The molecular formula is C25H36N6O6S. The van der Waals surface area contributed by atoms with Crippen molar-refractivity contribution >= 4 is 53.1 Å². The van der Waals surface area contributed by atoms with Gasteiger partial charge in [0.2, 0.25) is 23.6 Å². The fourth-order valence-corrected chi connectivity index (χ4v) is 4.05. The van der Waals surface area contributed by atoms with Crippen molar-refractivity contribution in [2.24, 2.45) is 17.4 Å². The number of carbonyl (C=O) groups is 5. The van der Waals surface area contributed by atoms with Crippen LogP contribution in [0.25, 0.3) is 10.9 Å². The van der Waals surface area contributed by atoms with E-state index in [4.69, 9.17) is 11.5 Å². The molecule has 9 N–H and O–H groups in total. The zero-order valence-corrected chi connectivity index (χ0v) is 22.3. The Labute approximate surface area is 226 Å². The Morgan fingerprint density at radius 3 is 2.21 bits per heavy atom. The average Bonchev–Trinajstić information content (AvgIpc) is 3.30. The normalized spacial score (nSPS) is 15.1. The van der Waals surface area contributed by atoms with E-state index in [1.165, 1.54) is 0 Å². The van der Waals surface area contributed by atoms with Gasteiger partial charge in [-0.25, -0.2) is 4.79 Å². The van der Waals surface area contributed by atoms with Crippen LogP contribution in [0.15, 0.2) is 30.5 Å². The highest BCUT2D eigenvalue weighted by molar-refractivity contribution is 7.80. The van der Waals surface area contributed by atoms with Crippen molar-refractivity contribution in [3.05, 3.63) is 36.0 Å². The summed E-state index contributed by atoms with van der Waals surface area (Å²) in [6.07, 6.45) is 1.89. The summed E-state index contributed by atoms with van der Waals surface area (Å²) in [5, 5.41) is 18.0. The van der Waals surface area contributed by atoms with E-state index >= 15 is 0 Å². The number of aliphatic carboxylic acids is 1. The van der Waals surface area contributed by atoms with Gasteiger partial charge in [0, 0.05) is 35.7 Å². The maximum Gasteiger partial charge on any atom is 0.326 e. The molecule has 0 aliphatic heterocycles. The molecule has 2 rings (SSSR count). The van der Waals surface area contributed by atoms with Gasteiger partial charge in [0.1, 0.15) is 18.1 Å². The van der Waals surface area contributed by atoms with E-state index < -0.39 is 53.8 Å². The third-order valence-electron chi connectivity index (χ3n) is 6.40. The molecule has 0 aliphatic rings. The lowest BCUT2D eigenvalue weighted by molar-refractivity contribution is -0.142. The number of carbonyl (C=O) groups excluding carboxylic acids is 4. The van der Waals surface area contributed by atoms with Gasteiger partial charge in [-0.1, -0.05) is 38.5 Å². The number of para-hydroxylation sites is 1. The molecule has 208 valence electrons. The van der Waals surface area contributed by atoms with Crippen molar-refractivity contribution < 1.29 is 29.1 Å². The van der Waals surface area contributed by atoms with Gasteiger partial charge in [-0.2, -0.15) is 12.6 Å². The molecule has 5 unspecified atom stereocenters. The first-order chi connectivity index (χ1) is 18.0. The van der Waals surface area contributed by atoms with Gasteiger partial charge in [-0.3, -0.25) is 19.2 Å². The summed E-state index contributed by atoms with van der Waals surface area (Å²) >= 11 is 4.12. The highest BCUT2D eigenvalue weighted by Crippen LogP contribution is 2.19. The van der Waals surface area contributed by atoms with E-state index in [1.54, 1.807) is 13.1 Å². The van der Waals surface area contributed by atoms with E-state index in [9.17, 15) is 29.1 Å². The van der Waals surface area contributed by atoms with E-state index in [1.807, 2.05) is 31.2 Å². The number of carboxylic acid groups (broad SMARTS) is 1. The summed E-state index contributed by atoms with van der Waals surface area (Å²) in [7, 11) is 0. The molecule has 4 amide bonds. The molecule has 5 atom stereocenters. The maximum atomic E-state index is 13.1. The third kappa shape index (κ3) is 8.48. The largest absolute Gasteiger partial charge is 0.480 e. The predicted molar refractivity (Wildman–Crippen MR) is 145 cm³/mol. The van der Waals surface area contributed by atoms with E-state index in [0.29, 0.717) is 12.0 Å². The molecule has 0 spiro atoms. The summed E-state index contributed by atoms with van der Waals surface area (Å²) in [6, 6.07) is 2.76. The molecule has 13 heteroatoms. The summed E-state index contributed by atoms with van der Waals surface area (Å²) in [5.74, 6) is -4.29. The molecule has 1 aromatic heterocycles. The topological polar surface area (TPSA) is 209 Å². The van der Waals surface area contributed by atoms with Crippen LogP contribution >= 0.6 is 12.6 Å². The molecule has 0 saturated carbocycles. The van der Waals surface area contributed by atoms with E-state index in [2.05, 4.69) is 33.6 Å². The number of thiol groups is 1. The fraction of sp³-hybridized carbons (Fsp3) is 0.480. The average molecular weight is 549 g/mol. The number of carboxylic acids is 1. The Hall–Kier alpha value is -3.58. The Kier molecular flexibility index (Phi) is 11.6. The van der Waals surface area contributed by atoms with E-state index in [-0.39, 0.29) is 30.9 Å². The number of nitrogens with one attached hydrogen (secondary N) is 4. The highest BCUT2D eigenvalue weighted by Gasteiger charge is 2.31. The molecule has 1 aromatic carbocycles. The quantitative estimate of drug-likeness (QED) is 0.141. The summed E-state index contributed by atoms with van der Waals surface area (Å²) < 4.78 is 0. The number of aromatic amines is 1.